The number of benzene rings is 2. The smallest absolute Gasteiger partial charge is 0.311 e. The second-order valence-electron chi connectivity index (χ2n) is 4.66. The van der Waals surface area contributed by atoms with E-state index in [0.29, 0.717) is 10.6 Å². The Hall–Kier alpha value is -1.91. The SMILES string of the molecule is O=C(C[C@H](C(=O)O)c1c(F)cccc1Cl)c1ccc(Cl)cc1. The molecule has 2 aromatic rings. The van der Waals surface area contributed by atoms with Crippen molar-refractivity contribution in [2.45, 2.75) is 12.3 Å². The highest BCUT2D eigenvalue weighted by Crippen LogP contribution is 2.31. The summed E-state index contributed by atoms with van der Waals surface area (Å²) in [4.78, 5) is 23.6. The first-order valence-electron chi connectivity index (χ1n) is 6.35. The van der Waals surface area contributed by atoms with Crippen molar-refractivity contribution in [2.24, 2.45) is 0 Å². The molecule has 0 bridgehead atoms. The molecule has 0 aliphatic rings. The Morgan fingerprint density at radius 2 is 1.73 bits per heavy atom. The molecule has 2 rings (SSSR count). The highest BCUT2D eigenvalue weighted by atomic mass is 35.5. The number of rotatable bonds is 5. The van der Waals surface area contributed by atoms with Crippen LogP contribution in [0.2, 0.25) is 10.0 Å². The van der Waals surface area contributed by atoms with Crippen LogP contribution in [0.3, 0.4) is 0 Å². The maximum Gasteiger partial charge on any atom is 0.311 e. The third-order valence-electron chi connectivity index (χ3n) is 3.20. The van der Waals surface area contributed by atoms with Crippen molar-refractivity contribution in [1.29, 1.82) is 0 Å². The number of hydrogen-bond donors (Lipinski definition) is 1. The molecule has 0 amide bonds. The summed E-state index contributed by atoms with van der Waals surface area (Å²) < 4.78 is 13.9. The van der Waals surface area contributed by atoms with Gasteiger partial charge in [-0.1, -0.05) is 29.3 Å². The van der Waals surface area contributed by atoms with E-state index in [9.17, 15) is 19.1 Å². The number of carboxylic acid groups (broad SMARTS) is 1. The molecule has 3 nitrogen and oxygen atoms in total. The lowest BCUT2D eigenvalue weighted by Crippen LogP contribution is -2.18. The van der Waals surface area contributed by atoms with Crippen LogP contribution in [0.15, 0.2) is 42.5 Å². The zero-order chi connectivity index (χ0) is 16.3. The number of ketones is 1. The minimum absolute atomic E-state index is 0.0173. The molecule has 2 aromatic carbocycles. The Morgan fingerprint density at radius 3 is 2.27 bits per heavy atom. The Kier molecular flexibility index (Phi) is 5.16. The van der Waals surface area contributed by atoms with Gasteiger partial charge in [-0.2, -0.15) is 0 Å². The third kappa shape index (κ3) is 3.64. The second-order valence-corrected chi connectivity index (χ2v) is 5.50. The molecule has 0 fully saturated rings. The number of Topliss-reactive ketones (excluding diaryl/α,β-unsaturated/α-hetero) is 1. The maximum absolute atomic E-state index is 13.9. The van der Waals surface area contributed by atoms with E-state index in [2.05, 4.69) is 0 Å². The molecule has 0 saturated carbocycles. The fourth-order valence-electron chi connectivity index (χ4n) is 2.10. The summed E-state index contributed by atoms with van der Waals surface area (Å²) in [6.07, 6.45) is -0.391. The van der Waals surface area contributed by atoms with Gasteiger partial charge in [-0.05, 0) is 36.4 Å². The number of halogens is 3. The molecule has 22 heavy (non-hydrogen) atoms. The molecule has 0 aromatic heterocycles. The first kappa shape index (κ1) is 16.5. The summed E-state index contributed by atoms with van der Waals surface area (Å²) in [5.41, 5.74) is 0.127. The Balaban J connectivity index is 2.32. The largest absolute Gasteiger partial charge is 0.481 e. The van der Waals surface area contributed by atoms with E-state index in [1.807, 2.05) is 0 Å². The Labute approximate surface area is 136 Å². The summed E-state index contributed by atoms with van der Waals surface area (Å²) in [6, 6.07) is 9.92. The van der Waals surface area contributed by atoms with Gasteiger partial charge in [-0.25, -0.2) is 4.39 Å². The van der Waals surface area contributed by atoms with Crippen LogP contribution < -0.4 is 0 Å². The molecule has 0 spiro atoms. The van der Waals surface area contributed by atoms with Crippen molar-refractivity contribution < 1.29 is 19.1 Å². The Bertz CT molecular complexity index is 694. The lowest BCUT2D eigenvalue weighted by Gasteiger charge is -2.14. The number of aliphatic carboxylic acids is 1. The second kappa shape index (κ2) is 6.90. The lowest BCUT2D eigenvalue weighted by atomic mass is 9.91. The molecule has 1 atom stereocenters. The quantitative estimate of drug-likeness (QED) is 0.811. The summed E-state index contributed by atoms with van der Waals surface area (Å²) in [5.74, 6) is -3.83. The molecule has 0 heterocycles. The average Bonchev–Trinajstić information content (AvgIpc) is 2.46. The highest BCUT2D eigenvalue weighted by molar-refractivity contribution is 6.31. The summed E-state index contributed by atoms with van der Waals surface area (Å²) in [5, 5.41) is 9.76. The predicted octanol–water partition coefficient (Wildman–Crippen LogP) is 4.57. The van der Waals surface area contributed by atoms with Crippen molar-refractivity contribution in [3.05, 3.63) is 69.5 Å². The van der Waals surface area contributed by atoms with E-state index >= 15 is 0 Å². The van der Waals surface area contributed by atoms with E-state index in [1.54, 1.807) is 0 Å². The Morgan fingerprint density at radius 1 is 1.09 bits per heavy atom. The van der Waals surface area contributed by atoms with Crippen LogP contribution in [0.1, 0.15) is 28.3 Å². The highest BCUT2D eigenvalue weighted by Gasteiger charge is 2.28. The van der Waals surface area contributed by atoms with Crippen molar-refractivity contribution >= 4 is 35.0 Å². The molecular formula is C16H11Cl2FO3. The van der Waals surface area contributed by atoms with Gasteiger partial charge in [0.25, 0.3) is 0 Å². The molecular weight excluding hydrogens is 330 g/mol. The van der Waals surface area contributed by atoms with Gasteiger partial charge in [0.05, 0.1) is 5.92 Å². The fraction of sp³-hybridized carbons (Fsp3) is 0.125. The zero-order valence-electron chi connectivity index (χ0n) is 11.2. The van der Waals surface area contributed by atoms with Gasteiger partial charge < -0.3 is 5.11 Å². The molecule has 114 valence electrons. The van der Waals surface area contributed by atoms with Crippen molar-refractivity contribution in [3.63, 3.8) is 0 Å². The minimum atomic E-state index is -1.35. The van der Waals surface area contributed by atoms with Gasteiger partial charge in [0.2, 0.25) is 0 Å². The number of carboxylic acids is 1. The van der Waals surface area contributed by atoms with Crippen LogP contribution in [0.4, 0.5) is 4.39 Å². The van der Waals surface area contributed by atoms with E-state index in [-0.39, 0.29) is 10.6 Å². The molecule has 0 aliphatic heterocycles. The molecule has 6 heteroatoms. The summed E-state index contributed by atoms with van der Waals surface area (Å²) in [6.45, 7) is 0. The van der Waals surface area contributed by atoms with E-state index < -0.39 is 29.9 Å². The lowest BCUT2D eigenvalue weighted by molar-refractivity contribution is -0.138. The first-order chi connectivity index (χ1) is 10.4. The molecule has 1 N–H and O–H groups in total. The van der Waals surface area contributed by atoms with Gasteiger partial charge >= 0.3 is 5.97 Å². The zero-order valence-corrected chi connectivity index (χ0v) is 12.7. The molecule has 0 radical (unpaired) electrons. The van der Waals surface area contributed by atoms with Gasteiger partial charge in [0, 0.05) is 27.6 Å². The van der Waals surface area contributed by atoms with Crippen LogP contribution in [-0.4, -0.2) is 16.9 Å². The van der Waals surface area contributed by atoms with Gasteiger partial charge in [-0.3, -0.25) is 9.59 Å². The van der Waals surface area contributed by atoms with Crippen LogP contribution in [0.25, 0.3) is 0 Å². The topological polar surface area (TPSA) is 54.4 Å². The third-order valence-corrected chi connectivity index (χ3v) is 3.78. The van der Waals surface area contributed by atoms with Crippen LogP contribution in [-0.2, 0) is 4.79 Å². The van der Waals surface area contributed by atoms with Crippen LogP contribution in [0.5, 0.6) is 0 Å². The molecule has 0 aliphatic carbocycles. The van der Waals surface area contributed by atoms with E-state index in [0.717, 1.165) is 6.07 Å². The van der Waals surface area contributed by atoms with Gasteiger partial charge in [0.1, 0.15) is 5.82 Å². The van der Waals surface area contributed by atoms with Gasteiger partial charge in [0.15, 0.2) is 5.78 Å². The van der Waals surface area contributed by atoms with Crippen molar-refractivity contribution in [1.82, 2.24) is 0 Å². The summed E-state index contributed by atoms with van der Waals surface area (Å²) in [7, 11) is 0. The number of carbonyl (C=O) groups is 2. The van der Waals surface area contributed by atoms with Crippen LogP contribution in [0, 0.1) is 5.82 Å². The predicted molar refractivity (Wildman–Crippen MR) is 82.2 cm³/mol. The molecule has 0 unspecified atom stereocenters. The van der Waals surface area contributed by atoms with E-state index in [1.165, 1.54) is 36.4 Å². The standard InChI is InChI=1S/C16H11Cl2FO3/c17-10-6-4-9(5-7-10)14(20)8-11(16(21)22)15-12(18)2-1-3-13(15)19/h1-7,11H,8H2,(H,21,22)/t11-/m0/s1. The normalized spacial score (nSPS) is 12.0. The average molecular weight is 341 g/mol. The first-order valence-corrected chi connectivity index (χ1v) is 7.11. The van der Waals surface area contributed by atoms with E-state index in [4.69, 9.17) is 23.2 Å². The maximum atomic E-state index is 13.9. The summed E-state index contributed by atoms with van der Waals surface area (Å²) >= 11 is 11.6. The number of hydrogen-bond acceptors (Lipinski definition) is 2. The molecule has 0 saturated heterocycles. The van der Waals surface area contributed by atoms with Crippen LogP contribution >= 0.6 is 23.2 Å². The van der Waals surface area contributed by atoms with Crippen molar-refractivity contribution in [3.8, 4) is 0 Å². The fourth-order valence-corrected chi connectivity index (χ4v) is 2.52. The van der Waals surface area contributed by atoms with Gasteiger partial charge in [-0.15, -0.1) is 0 Å². The van der Waals surface area contributed by atoms with Crippen molar-refractivity contribution in [2.75, 3.05) is 0 Å². The number of carbonyl (C=O) groups excluding carboxylic acids is 1. The monoisotopic (exact) mass is 340 g/mol. The minimum Gasteiger partial charge on any atom is -0.481 e.